The van der Waals surface area contributed by atoms with Crippen LogP contribution in [-0.4, -0.2) is 37.7 Å². The Kier molecular flexibility index (Phi) is 5.30. The van der Waals surface area contributed by atoms with Crippen LogP contribution >= 0.6 is 0 Å². The van der Waals surface area contributed by atoms with E-state index < -0.39 is 11.6 Å². The Hall–Kier alpha value is -2.14. The minimum Gasteiger partial charge on any atom is -0.492 e. The molecule has 24 heavy (non-hydrogen) atoms. The average Bonchev–Trinajstić information content (AvgIpc) is 2.59. The Balaban J connectivity index is 1.62. The number of anilines is 1. The van der Waals surface area contributed by atoms with Crippen molar-refractivity contribution < 1.29 is 13.5 Å². The lowest BCUT2D eigenvalue weighted by molar-refractivity contribution is 0.245. The van der Waals surface area contributed by atoms with Gasteiger partial charge in [-0.05, 0) is 25.1 Å². The van der Waals surface area contributed by atoms with E-state index in [9.17, 15) is 8.78 Å². The molecule has 0 unspecified atom stereocenters. The minimum atomic E-state index is -0.534. The summed E-state index contributed by atoms with van der Waals surface area (Å²) in [6.45, 7) is 6.49. The molecule has 0 amide bonds. The second-order valence-corrected chi connectivity index (χ2v) is 5.90. The number of rotatable bonds is 5. The van der Waals surface area contributed by atoms with Crippen LogP contribution in [0, 0.1) is 11.6 Å². The van der Waals surface area contributed by atoms with Crippen molar-refractivity contribution in [2.24, 2.45) is 0 Å². The molecule has 0 bridgehead atoms. The molecule has 0 aliphatic carbocycles. The monoisotopic (exact) mass is 332 g/mol. The Morgan fingerprint density at radius 1 is 1.00 bits per heavy atom. The molecule has 1 aliphatic heterocycles. The first-order valence-electron chi connectivity index (χ1n) is 8.30. The van der Waals surface area contributed by atoms with Crippen LogP contribution in [0.1, 0.15) is 12.5 Å². The second-order valence-electron chi connectivity index (χ2n) is 5.90. The summed E-state index contributed by atoms with van der Waals surface area (Å²) in [6.07, 6.45) is 0. The summed E-state index contributed by atoms with van der Waals surface area (Å²) in [5, 5.41) is 0. The lowest BCUT2D eigenvalue weighted by Gasteiger charge is -2.36. The summed E-state index contributed by atoms with van der Waals surface area (Å²) in [5.74, 6) is -0.106. The molecule has 5 heteroatoms. The summed E-state index contributed by atoms with van der Waals surface area (Å²) in [7, 11) is 0. The van der Waals surface area contributed by atoms with Gasteiger partial charge in [0.1, 0.15) is 17.4 Å². The molecule has 3 nitrogen and oxygen atoms in total. The first-order valence-corrected chi connectivity index (χ1v) is 8.30. The first-order chi connectivity index (χ1) is 11.7. The molecule has 1 aliphatic rings. The van der Waals surface area contributed by atoms with Gasteiger partial charge in [-0.2, -0.15) is 0 Å². The van der Waals surface area contributed by atoms with Crippen LogP contribution in [0.3, 0.4) is 0 Å². The van der Waals surface area contributed by atoms with Crippen LogP contribution in [-0.2, 0) is 6.54 Å². The molecular weight excluding hydrogens is 310 g/mol. The van der Waals surface area contributed by atoms with E-state index in [1.807, 2.05) is 25.1 Å². The van der Waals surface area contributed by atoms with Crippen LogP contribution < -0.4 is 9.64 Å². The molecule has 128 valence electrons. The number of halogens is 2. The van der Waals surface area contributed by atoms with Crippen molar-refractivity contribution in [1.82, 2.24) is 4.90 Å². The Labute approximate surface area is 141 Å². The van der Waals surface area contributed by atoms with Crippen LogP contribution in [0.15, 0.2) is 42.5 Å². The molecule has 1 saturated heterocycles. The topological polar surface area (TPSA) is 15.7 Å². The van der Waals surface area contributed by atoms with Gasteiger partial charge in [-0.25, -0.2) is 8.78 Å². The van der Waals surface area contributed by atoms with Gasteiger partial charge in [0.25, 0.3) is 0 Å². The fourth-order valence-corrected chi connectivity index (χ4v) is 3.03. The van der Waals surface area contributed by atoms with Gasteiger partial charge in [-0.1, -0.05) is 18.2 Å². The number of piperazine rings is 1. The Bertz CT molecular complexity index is 685. The zero-order valence-corrected chi connectivity index (χ0v) is 13.8. The molecule has 2 aromatic rings. The molecule has 2 aromatic carbocycles. The fourth-order valence-electron chi connectivity index (χ4n) is 3.03. The van der Waals surface area contributed by atoms with Crippen molar-refractivity contribution in [2.45, 2.75) is 13.5 Å². The van der Waals surface area contributed by atoms with Gasteiger partial charge in [0.2, 0.25) is 0 Å². The second kappa shape index (κ2) is 7.62. The summed E-state index contributed by atoms with van der Waals surface area (Å²) in [6, 6.07) is 11.8. The highest BCUT2D eigenvalue weighted by atomic mass is 19.1. The highest BCUT2D eigenvalue weighted by Gasteiger charge is 2.20. The predicted octanol–water partition coefficient (Wildman–Crippen LogP) is 3.69. The maximum absolute atomic E-state index is 13.8. The van der Waals surface area contributed by atoms with E-state index in [1.165, 1.54) is 12.1 Å². The zero-order valence-electron chi connectivity index (χ0n) is 13.8. The molecule has 1 fully saturated rings. The maximum atomic E-state index is 13.8. The normalized spacial score (nSPS) is 15.5. The summed E-state index contributed by atoms with van der Waals surface area (Å²) in [5.41, 5.74) is 1.64. The minimum absolute atomic E-state index is 0.473. The highest BCUT2D eigenvalue weighted by molar-refractivity contribution is 5.58. The lowest BCUT2D eigenvalue weighted by atomic mass is 10.1. The van der Waals surface area contributed by atoms with E-state index in [2.05, 4.69) is 15.9 Å². The van der Waals surface area contributed by atoms with Gasteiger partial charge in [0.05, 0.1) is 12.3 Å². The standard InChI is InChI=1S/C19H22F2N2O/c1-2-24-19-6-4-3-5-18(19)23-11-9-22(10-12-23)14-15-7-8-16(20)13-17(15)21/h3-8,13H,2,9-12,14H2,1H3. The van der Waals surface area contributed by atoms with Gasteiger partial charge in [-0.3, -0.25) is 4.90 Å². The van der Waals surface area contributed by atoms with E-state index in [0.717, 1.165) is 43.7 Å². The van der Waals surface area contributed by atoms with Gasteiger partial charge < -0.3 is 9.64 Å². The Morgan fingerprint density at radius 3 is 2.46 bits per heavy atom. The third kappa shape index (κ3) is 3.85. The van der Waals surface area contributed by atoms with Gasteiger partial charge in [0.15, 0.2) is 0 Å². The third-order valence-corrected chi connectivity index (χ3v) is 4.29. The predicted molar refractivity (Wildman–Crippen MR) is 91.5 cm³/mol. The number of ether oxygens (including phenoxy) is 1. The molecule has 0 aromatic heterocycles. The summed E-state index contributed by atoms with van der Waals surface area (Å²) in [4.78, 5) is 4.48. The highest BCUT2D eigenvalue weighted by Crippen LogP contribution is 2.29. The van der Waals surface area contributed by atoms with E-state index in [4.69, 9.17) is 4.74 Å². The fraction of sp³-hybridized carbons (Fsp3) is 0.368. The van der Waals surface area contributed by atoms with Gasteiger partial charge in [-0.15, -0.1) is 0 Å². The van der Waals surface area contributed by atoms with E-state index in [1.54, 1.807) is 0 Å². The number of nitrogens with zero attached hydrogens (tertiary/aromatic N) is 2. The van der Waals surface area contributed by atoms with Crippen molar-refractivity contribution in [3.63, 3.8) is 0 Å². The van der Waals surface area contributed by atoms with Crippen LogP contribution in [0.5, 0.6) is 5.75 Å². The van der Waals surface area contributed by atoms with Crippen LogP contribution in [0.2, 0.25) is 0 Å². The smallest absolute Gasteiger partial charge is 0.142 e. The quantitative estimate of drug-likeness (QED) is 0.831. The lowest BCUT2D eigenvalue weighted by Crippen LogP contribution is -2.46. The SMILES string of the molecule is CCOc1ccccc1N1CCN(Cc2ccc(F)cc2F)CC1. The molecule has 1 heterocycles. The largest absolute Gasteiger partial charge is 0.492 e. The van der Waals surface area contributed by atoms with Crippen LogP contribution in [0.4, 0.5) is 14.5 Å². The van der Waals surface area contributed by atoms with Crippen molar-refractivity contribution >= 4 is 5.69 Å². The molecular formula is C19H22F2N2O. The van der Waals surface area contributed by atoms with Gasteiger partial charge >= 0.3 is 0 Å². The number of hydrogen-bond acceptors (Lipinski definition) is 3. The number of hydrogen-bond donors (Lipinski definition) is 0. The zero-order chi connectivity index (χ0) is 16.9. The van der Waals surface area contributed by atoms with E-state index in [0.29, 0.717) is 18.7 Å². The first kappa shape index (κ1) is 16.7. The van der Waals surface area contributed by atoms with Crippen molar-refractivity contribution in [3.05, 3.63) is 59.7 Å². The molecule has 0 spiro atoms. The summed E-state index contributed by atoms with van der Waals surface area (Å²) < 4.78 is 32.5. The number of benzene rings is 2. The molecule has 3 rings (SSSR count). The third-order valence-electron chi connectivity index (χ3n) is 4.29. The summed E-state index contributed by atoms with van der Waals surface area (Å²) >= 11 is 0. The molecule has 0 N–H and O–H groups in total. The van der Waals surface area contributed by atoms with Crippen LogP contribution in [0.25, 0.3) is 0 Å². The average molecular weight is 332 g/mol. The van der Waals surface area contributed by atoms with Crippen molar-refractivity contribution in [2.75, 3.05) is 37.7 Å². The van der Waals surface area contributed by atoms with E-state index >= 15 is 0 Å². The molecule has 0 radical (unpaired) electrons. The Morgan fingerprint density at radius 2 is 1.75 bits per heavy atom. The number of para-hydroxylation sites is 2. The van der Waals surface area contributed by atoms with E-state index in [-0.39, 0.29) is 0 Å². The maximum Gasteiger partial charge on any atom is 0.142 e. The van der Waals surface area contributed by atoms with Crippen molar-refractivity contribution in [1.29, 1.82) is 0 Å². The molecule has 0 atom stereocenters. The van der Waals surface area contributed by atoms with Crippen molar-refractivity contribution in [3.8, 4) is 5.75 Å². The van der Waals surface area contributed by atoms with Gasteiger partial charge in [0, 0.05) is 44.4 Å². The molecule has 0 saturated carbocycles.